The minimum Gasteiger partial charge on any atom is -0.377 e. The Morgan fingerprint density at radius 1 is 1.10 bits per heavy atom. The van der Waals surface area contributed by atoms with Gasteiger partial charge in [-0.05, 0) is 12.0 Å². The molecule has 2 amide bonds. The van der Waals surface area contributed by atoms with Crippen molar-refractivity contribution in [1.82, 2.24) is 10.6 Å². The number of hydrogen-bond acceptors (Lipinski definition) is 4. The van der Waals surface area contributed by atoms with Gasteiger partial charge in [0.15, 0.2) is 0 Å². The Balaban J connectivity index is 1.96. The zero-order chi connectivity index (χ0) is 14.6. The lowest BCUT2D eigenvalue weighted by Crippen LogP contribution is -2.39. The fourth-order valence-electron chi connectivity index (χ4n) is 1.48. The first kappa shape index (κ1) is 16.1. The van der Waals surface area contributed by atoms with E-state index in [-0.39, 0.29) is 24.9 Å². The first-order valence-corrected chi connectivity index (χ1v) is 6.57. The van der Waals surface area contributed by atoms with E-state index in [0.29, 0.717) is 19.8 Å². The number of benzene rings is 1. The van der Waals surface area contributed by atoms with Gasteiger partial charge in [-0.25, -0.2) is 0 Å². The van der Waals surface area contributed by atoms with Gasteiger partial charge in [0.25, 0.3) is 0 Å². The molecule has 0 atom stereocenters. The van der Waals surface area contributed by atoms with E-state index in [4.69, 9.17) is 10.5 Å². The van der Waals surface area contributed by atoms with Gasteiger partial charge in [-0.3, -0.25) is 9.59 Å². The van der Waals surface area contributed by atoms with Crippen molar-refractivity contribution in [1.29, 1.82) is 0 Å². The van der Waals surface area contributed by atoms with Crippen LogP contribution in [-0.2, 0) is 20.9 Å². The quantitative estimate of drug-likeness (QED) is 0.545. The molecule has 0 saturated heterocycles. The van der Waals surface area contributed by atoms with Crippen LogP contribution in [0.4, 0.5) is 0 Å². The molecule has 0 aliphatic heterocycles. The fourth-order valence-corrected chi connectivity index (χ4v) is 1.48. The summed E-state index contributed by atoms with van der Waals surface area (Å²) in [7, 11) is 0. The Bertz CT molecular complexity index is 409. The molecule has 0 saturated carbocycles. The van der Waals surface area contributed by atoms with Crippen LogP contribution in [-0.4, -0.2) is 38.1 Å². The summed E-state index contributed by atoms with van der Waals surface area (Å²) in [4.78, 5) is 22.1. The summed E-state index contributed by atoms with van der Waals surface area (Å²) in [6.45, 7) is 1.51. The summed E-state index contributed by atoms with van der Waals surface area (Å²) < 4.78 is 5.48. The van der Waals surface area contributed by atoms with Crippen LogP contribution in [0.15, 0.2) is 30.3 Å². The van der Waals surface area contributed by atoms with Crippen LogP contribution in [0.5, 0.6) is 0 Å². The van der Waals surface area contributed by atoms with Gasteiger partial charge in [0.1, 0.15) is 0 Å². The summed E-state index contributed by atoms with van der Waals surface area (Å²) in [5.74, 6) is -0.568. The molecule has 1 rings (SSSR count). The molecule has 1 aromatic rings. The van der Waals surface area contributed by atoms with Crippen molar-refractivity contribution in [3.63, 3.8) is 0 Å². The van der Waals surface area contributed by atoms with Crippen LogP contribution in [0.25, 0.3) is 0 Å². The smallest absolute Gasteiger partial charge is 0.239 e. The van der Waals surface area contributed by atoms with Crippen molar-refractivity contribution in [3.8, 4) is 0 Å². The van der Waals surface area contributed by atoms with E-state index in [2.05, 4.69) is 10.6 Å². The Morgan fingerprint density at radius 3 is 2.55 bits per heavy atom. The zero-order valence-electron chi connectivity index (χ0n) is 11.4. The second-order valence-electron chi connectivity index (χ2n) is 4.22. The molecule has 20 heavy (non-hydrogen) atoms. The number of ether oxygens (including phenoxy) is 1. The molecule has 4 N–H and O–H groups in total. The maximum absolute atomic E-state index is 11.3. The van der Waals surface area contributed by atoms with Gasteiger partial charge >= 0.3 is 0 Å². The van der Waals surface area contributed by atoms with Crippen LogP contribution >= 0.6 is 0 Å². The molecule has 0 unspecified atom stereocenters. The van der Waals surface area contributed by atoms with Gasteiger partial charge in [0.2, 0.25) is 11.8 Å². The monoisotopic (exact) mass is 279 g/mol. The molecule has 0 spiro atoms. The van der Waals surface area contributed by atoms with Crippen molar-refractivity contribution in [2.45, 2.75) is 13.0 Å². The molecular formula is C14H21N3O3. The zero-order valence-corrected chi connectivity index (χ0v) is 11.4. The molecule has 0 aromatic heterocycles. The maximum atomic E-state index is 11.3. The number of hydrogen-bond donors (Lipinski definition) is 3. The second-order valence-corrected chi connectivity index (χ2v) is 4.22. The molecule has 110 valence electrons. The standard InChI is InChI=1S/C14H21N3O3/c15-9-13(18)17-10-14(19)16-7-4-8-20-11-12-5-2-1-3-6-12/h1-3,5-6H,4,7-11,15H2,(H,16,19)(H,17,18). The first-order chi connectivity index (χ1) is 9.72. The minimum absolute atomic E-state index is 0.0408. The first-order valence-electron chi connectivity index (χ1n) is 6.57. The van der Waals surface area contributed by atoms with Crippen LogP contribution in [0.2, 0.25) is 0 Å². The molecule has 0 heterocycles. The van der Waals surface area contributed by atoms with Gasteiger partial charge < -0.3 is 21.1 Å². The Morgan fingerprint density at radius 2 is 1.85 bits per heavy atom. The molecule has 0 aliphatic rings. The van der Waals surface area contributed by atoms with Crippen molar-refractivity contribution < 1.29 is 14.3 Å². The lowest BCUT2D eigenvalue weighted by atomic mass is 10.2. The van der Waals surface area contributed by atoms with Gasteiger partial charge in [-0.15, -0.1) is 0 Å². The third-order valence-corrected chi connectivity index (χ3v) is 2.53. The molecule has 0 aliphatic carbocycles. The highest BCUT2D eigenvalue weighted by atomic mass is 16.5. The molecule has 0 bridgehead atoms. The Hall–Kier alpha value is -1.92. The van der Waals surface area contributed by atoms with E-state index < -0.39 is 0 Å². The average Bonchev–Trinajstić information content (AvgIpc) is 2.49. The van der Waals surface area contributed by atoms with Gasteiger partial charge in [0.05, 0.1) is 19.7 Å². The van der Waals surface area contributed by atoms with Crippen molar-refractivity contribution in [3.05, 3.63) is 35.9 Å². The minimum atomic E-state index is -0.341. The summed E-state index contributed by atoms with van der Waals surface area (Å²) in [5, 5.41) is 5.08. The van der Waals surface area contributed by atoms with E-state index in [1.165, 1.54) is 0 Å². The van der Waals surface area contributed by atoms with Gasteiger partial charge in [0, 0.05) is 13.2 Å². The number of rotatable bonds is 9. The summed E-state index contributed by atoms with van der Waals surface area (Å²) in [6, 6.07) is 9.90. The van der Waals surface area contributed by atoms with E-state index in [0.717, 1.165) is 12.0 Å². The summed E-state index contributed by atoms with van der Waals surface area (Å²) in [6.07, 6.45) is 0.726. The van der Waals surface area contributed by atoms with Crippen molar-refractivity contribution >= 4 is 11.8 Å². The molecule has 1 aromatic carbocycles. The highest BCUT2D eigenvalue weighted by Crippen LogP contribution is 2.00. The van der Waals surface area contributed by atoms with Crippen molar-refractivity contribution in [2.75, 3.05) is 26.2 Å². The number of carbonyl (C=O) groups is 2. The highest BCUT2D eigenvalue weighted by molar-refractivity contribution is 5.85. The Kier molecular flexibility index (Phi) is 8.02. The maximum Gasteiger partial charge on any atom is 0.239 e. The second kappa shape index (κ2) is 9.94. The van der Waals surface area contributed by atoms with E-state index >= 15 is 0 Å². The molecule has 0 fully saturated rings. The molecular weight excluding hydrogens is 258 g/mol. The van der Waals surface area contributed by atoms with E-state index in [9.17, 15) is 9.59 Å². The van der Waals surface area contributed by atoms with Gasteiger partial charge in [-0.1, -0.05) is 30.3 Å². The van der Waals surface area contributed by atoms with E-state index in [1.54, 1.807) is 0 Å². The van der Waals surface area contributed by atoms with E-state index in [1.807, 2.05) is 30.3 Å². The largest absolute Gasteiger partial charge is 0.377 e. The summed E-state index contributed by atoms with van der Waals surface area (Å²) >= 11 is 0. The average molecular weight is 279 g/mol. The number of nitrogens with two attached hydrogens (primary N) is 1. The molecule has 0 radical (unpaired) electrons. The third-order valence-electron chi connectivity index (χ3n) is 2.53. The van der Waals surface area contributed by atoms with Gasteiger partial charge in [-0.2, -0.15) is 0 Å². The third kappa shape index (κ3) is 7.50. The number of amides is 2. The number of carbonyl (C=O) groups excluding carboxylic acids is 2. The highest BCUT2D eigenvalue weighted by Gasteiger charge is 2.02. The SMILES string of the molecule is NCC(=O)NCC(=O)NCCCOCc1ccccc1. The predicted molar refractivity (Wildman–Crippen MR) is 75.8 cm³/mol. The van der Waals surface area contributed by atoms with Crippen LogP contribution in [0, 0.1) is 0 Å². The molecule has 6 nitrogen and oxygen atoms in total. The van der Waals surface area contributed by atoms with Crippen LogP contribution < -0.4 is 16.4 Å². The van der Waals surface area contributed by atoms with Crippen molar-refractivity contribution in [2.24, 2.45) is 5.73 Å². The topological polar surface area (TPSA) is 93.5 Å². The lowest BCUT2D eigenvalue weighted by Gasteiger charge is -2.07. The van der Waals surface area contributed by atoms with Crippen LogP contribution in [0.1, 0.15) is 12.0 Å². The predicted octanol–water partition coefficient (Wildman–Crippen LogP) is -0.216. The van der Waals surface area contributed by atoms with Crippen LogP contribution in [0.3, 0.4) is 0 Å². The number of nitrogens with one attached hydrogen (secondary N) is 2. The summed E-state index contributed by atoms with van der Waals surface area (Å²) in [5.41, 5.74) is 6.23. The fraction of sp³-hybridized carbons (Fsp3) is 0.429. The molecule has 6 heteroatoms. The lowest BCUT2D eigenvalue weighted by molar-refractivity contribution is -0.125. The Labute approximate surface area is 118 Å². The normalized spacial score (nSPS) is 10.1.